The molecule has 1 atom stereocenters. The van der Waals surface area contributed by atoms with Crippen molar-refractivity contribution >= 4 is 35.0 Å². The van der Waals surface area contributed by atoms with Crippen LogP contribution in [0.4, 0.5) is 10.1 Å². The predicted molar refractivity (Wildman–Crippen MR) is 87.5 cm³/mol. The largest absolute Gasteiger partial charge is 0.326 e. The Hall–Kier alpha value is -1.86. The van der Waals surface area contributed by atoms with Crippen molar-refractivity contribution in [2.75, 3.05) is 11.1 Å². The number of halogens is 2. The van der Waals surface area contributed by atoms with E-state index in [1.807, 2.05) is 0 Å². The van der Waals surface area contributed by atoms with Gasteiger partial charge < -0.3 is 5.32 Å². The number of aromatic nitrogens is 2. The van der Waals surface area contributed by atoms with Crippen LogP contribution < -0.4 is 10.9 Å². The van der Waals surface area contributed by atoms with E-state index in [0.717, 1.165) is 0 Å². The summed E-state index contributed by atoms with van der Waals surface area (Å²) in [5.74, 6) is -0.632. The molecule has 0 aliphatic carbocycles. The fourth-order valence-electron chi connectivity index (χ4n) is 2.28. The van der Waals surface area contributed by atoms with Crippen LogP contribution in [0.5, 0.6) is 0 Å². The highest BCUT2D eigenvalue weighted by molar-refractivity contribution is 7.99. The van der Waals surface area contributed by atoms with Crippen molar-refractivity contribution in [1.29, 1.82) is 0 Å². The van der Waals surface area contributed by atoms with Gasteiger partial charge in [-0.15, -0.1) is 0 Å². The van der Waals surface area contributed by atoms with E-state index in [-0.39, 0.29) is 29.0 Å². The molecule has 1 aliphatic rings. The Balaban J connectivity index is 1.77. The molecule has 1 aromatic carbocycles. The van der Waals surface area contributed by atoms with E-state index in [1.54, 1.807) is 13.1 Å². The van der Waals surface area contributed by atoms with Gasteiger partial charge in [0, 0.05) is 29.7 Å². The number of carbonyl (C=O) groups excluding carboxylic acids is 1. The number of rotatable bonds is 2. The summed E-state index contributed by atoms with van der Waals surface area (Å²) in [7, 11) is 0. The smallest absolute Gasteiger partial charge is 0.257 e. The van der Waals surface area contributed by atoms with Crippen molar-refractivity contribution < 1.29 is 9.18 Å². The molecule has 120 valence electrons. The Kier molecular flexibility index (Phi) is 4.41. The minimum absolute atomic E-state index is 0.0535. The highest BCUT2D eigenvalue weighted by Gasteiger charge is 2.27. The first-order chi connectivity index (χ1) is 11.0. The van der Waals surface area contributed by atoms with E-state index in [1.165, 1.54) is 34.5 Å². The number of hydrogen-bond acceptors (Lipinski definition) is 4. The minimum atomic E-state index is -0.542. The summed E-state index contributed by atoms with van der Waals surface area (Å²) in [6.07, 6.45) is 1.54. The van der Waals surface area contributed by atoms with Crippen LogP contribution in [0.25, 0.3) is 0 Å². The van der Waals surface area contributed by atoms with Gasteiger partial charge in [0.15, 0.2) is 5.16 Å². The summed E-state index contributed by atoms with van der Waals surface area (Å²) in [5, 5.41) is 3.27. The Bertz CT molecular complexity index is 840. The number of aryl methyl sites for hydroxylation is 1. The summed E-state index contributed by atoms with van der Waals surface area (Å²) >= 11 is 7.07. The van der Waals surface area contributed by atoms with Gasteiger partial charge in [-0.25, -0.2) is 9.37 Å². The molecule has 3 rings (SSSR count). The maximum Gasteiger partial charge on any atom is 0.257 e. The molecule has 5 nitrogen and oxygen atoms in total. The Labute approximate surface area is 140 Å². The van der Waals surface area contributed by atoms with Crippen LogP contribution in [0.15, 0.2) is 34.3 Å². The van der Waals surface area contributed by atoms with Crippen LogP contribution in [-0.2, 0) is 11.3 Å². The number of nitrogens with one attached hydrogen (secondary N) is 1. The zero-order valence-corrected chi connectivity index (χ0v) is 13.7. The van der Waals surface area contributed by atoms with Gasteiger partial charge in [-0.05, 0) is 25.1 Å². The van der Waals surface area contributed by atoms with Gasteiger partial charge >= 0.3 is 0 Å². The molecule has 2 heterocycles. The highest BCUT2D eigenvalue weighted by atomic mass is 35.5. The third-order valence-corrected chi connectivity index (χ3v) is 5.00. The Morgan fingerprint density at radius 1 is 1.52 bits per heavy atom. The molecule has 1 aromatic heterocycles. The van der Waals surface area contributed by atoms with Crippen molar-refractivity contribution in [3.8, 4) is 0 Å². The average Bonchev–Trinajstić information content (AvgIpc) is 2.54. The minimum Gasteiger partial charge on any atom is -0.326 e. The highest BCUT2D eigenvalue weighted by Crippen LogP contribution is 2.26. The maximum atomic E-state index is 13.1. The van der Waals surface area contributed by atoms with E-state index in [4.69, 9.17) is 11.6 Å². The van der Waals surface area contributed by atoms with Gasteiger partial charge in [-0.1, -0.05) is 23.4 Å². The molecule has 8 heteroatoms. The zero-order chi connectivity index (χ0) is 16.6. The van der Waals surface area contributed by atoms with Gasteiger partial charge in [0.2, 0.25) is 5.91 Å². The lowest BCUT2D eigenvalue weighted by atomic mass is 10.1. The lowest BCUT2D eigenvalue weighted by Gasteiger charge is -2.24. The second-order valence-electron chi connectivity index (χ2n) is 5.27. The van der Waals surface area contributed by atoms with Gasteiger partial charge in [0.05, 0.1) is 10.9 Å². The molecular formula is C15H13ClFN3O2S. The Morgan fingerprint density at radius 2 is 2.30 bits per heavy atom. The first-order valence-corrected chi connectivity index (χ1v) is 8.27. The second kappa shape index (κ2) is 6.33. The number of hydrogen-bond donors (Lipinski definition) is 1. The molecule has 0 fully saturated rings. The third-order valence-electron chi connectivity index (χ3n) is 3.56. The van der Waals surface area contributed by atoms with Crippen molar-refractivity contribution in [2.45, 2.75) is 18.6 Å². The summed E-state index contributed by atoms with van der Waals surface area (Å²) in [6.45, 7) is 1.97. The van der Waals surface area contributed by atoms with E-state index in [0.29, 0.717) is 22.2 Å². The number of carbonyl (C=O) groups is 1. The van der Waals surface area contributed by atoms with Crippen molar-refractivity contribution in [1.82, 2.24) is 9.55 Å². The number of amides is 1. The van der Waals surface area contributed by atoms with Gasteiger partial charge in [0.25, 0.3) is 5.56 Å². The van der Waals surface area contributed by atoms with Crippen LogP contribution >= 0.6 is 23.4 Å². The van der Waals surface area contributed by atoms with Gasteiger partial charge in [-0.3, -0.25) is 14.2 Å². The quantitative estimate of drug-likeness (QED) is 0.843. The predicted octanol–water partition coefficient (Wildman–Crippen LogP) is 2.70. The molecular weight excluding hydrogens is 341 g/mol. The molecule has 0 spiro atoms. The lowest BCUT2D eigenvalue weighted by molar-refractivity contribution is -0.119. The van der Waals surface area contributed by atoms with Crippen LogP contribution in [0.3, 0.4) is 0 Å². The normalized spacial score (nSPS) is 16.7. The molecule has 23 heavy (non-hydrogen) atoms. The van der Waals surface area contributed by atoms with Crippen LogP contribution in [0.2, 0.25) is 5.02 Å². The van der Waals surface area contributed by atoms with Crippen LogP contribution in [0.1, 0.15) is 5.56 Å². The maximum absolute atomic E-state index is 13.1. The van der Waals surface area contributed by atoms with E-state index < -0.39 is 5.82 Å². The molecule has 0 bridgehead atoms. The molecule has 0 radical (unpaired) electrons. The average molecular weight is 354 g/mol. The SMILES string of the molecule is Cc1cnc2n(c1=O)CC(C(=O)Nc1ccc(F)c(Cl)c1)CS2. The topological polar surface area (TPSA) is 64.0 Å². The van der Waals surface area contributed by atoms with Gasteiger partial charge in [-0.2, -0.15) is 0 Å². The number of thioether (sulfide) groups is 1. The number of anilines is 1. The molecule has 1 aliphatic heterocycles. The fourth-order valence-corrected chi connectivity index (χ4v) is 3.51. The fraction of sp³-hybridized carbons (Fsp3) is 0.267. The molecule has 0 saturated heterocycles. The summed E-state index contributed by atoms with van der Waals surface area (Å²) < 4.78 is 14.7. The number of fused-ring (bicyclic) bond motifs is 1. The standard InChI is InChI=1S/C15H13ClFN3O2S/c1-8-5-18-15-20(14(8)22)6-9(7-23-15)13(21)19-10-2-3-12(17)11(16)4-10/h2-5,9H,6-7H2,1H3,(H,19,21). The van der Waals surface area contributed by atoms with Crippen molar-refractivity contribution in [3.05, 3.63) is 51.2 Å². The number of nitrogens with zero attached hydrogens (tertiary/aromatic N) is 2. The summed E-state index contributed by atoms with van der Waals surface area (Å²) in [6, 6.07) is 4.00. The van der Waals surface area contributed by atoms with E-state index >= 15 is 0 Å². The molecule has 1 unspecified atom stereocenters. The second-order valence-corrected chi connectivity index (χ2v) is 6.66. The number of benzene rings is 1. The Morgan fingerprint density at radius 3 is 3.04 bits per heavy atom. The van der Waals surface area contributed by atoms with Gasteiger partial charge in [0.1, 0.15) is 5.82 Å². The third kappa shape index (κ3) is 3.25. The van der Waals surface area contributed by atoms with Crippen molar-refractivity contribution in [3.63, 3.8) is 0 Å². The first kappa shape index (κ1) is 16.0. The molecule has 2 aromatic rings. The monoisotopic (exact) mass is 353 g/mol. The summed E-state index contributed by atoms with van der Waals surface area (Å²) in [5.41, 5.74) is 0.831. The zero-order valence-electron chi connectivity index (χ0n) is 12.2. The summed E-state index contributed by atoms with van der Waals surface area (Å²) in [4.78, 5) is 28.7. The van der Waals surface area contributed by atoms with Crippen LogP contribution in [-0.4, -0.2) is 21.2 Å². The lowest BCUT2D eigenvalue weighted by Crippen LogP contribution is -2.37. The van der Waals surface area contributed by atoms with Crippen LogP contribution in [0, 0.1) is 18.7 Å². The van der Waals surface area contributed by atoms with E-state index in [9.17, 15) is 14.0 Å². The molecule has 1 amide bonds. The van der Waals surface area contributed by atoms with E-state index in [2.05, 4.69) is 10.3 Å². The first-order valence-electron chi connectivity index (χ1n) is 6.91. The molecule has 1 N–H and O–H groups in total. The molecule has 0 saturated carbocycles. The van der Waals surface area contributed by atoms with Crippen molar-refractivity contribution in [2.24, 2.45) is 5.92 Å².